The van der Waals surface area contributed by atoms with Crippen LogP contribution in [-0.2, 0) is 24.3 Å². The van der Waals surface area contributed by atoms with Crippen molar-refractivity contribution in [3.8, 4) is 0 Å². The second kappa shape index (κ2) is 5.40. The second-order valence-electron chi connectivity index (χ2n) is 5.20. The van der Waals surface area contributed by atoms with Gasteiger partial charge in [0.05, 0.1) is 12.0 Å². The molecule has 0 spiro atoms. The van der Waals surface area contributed by atoms with Gasteiger partial charge in [-0.3, -0.25) is 4.79 Å². The summed E-state index contributed by atoms with van der Waals surface area (Å²) in [7, 11) is 0. The van der Waals surface area contributed by atoms with Crippen LogP contribution in [0.2, 0.25) is 0 Å². The SMILES string of the molecule is O=C(O)c1ccc2c(c1)CN(C(=O)Cc1ccccc1)C2. The maximum absolute atomic E-state index is 12.3. The first-order valence-electron chi connectivity index (χ1n) is 6.80. The largest absolute Gasteiger partial charge is 0.478 e. The molecule has 4 nitrogen and oxygen atoms in total. The van der Waals surface area contributed by atoms with E-state index < -0.39 is 5.97 Å². The van der Waals surface area contributed by atoms with Gasteiger partial charge in [0, 0.05) is 13.1 Å². The fraction of sp³-hybridized carbons (Fsp3) is 0.176. The van der Waals surface area contributed by atoms with E-state index in [2.05, 4.69) is 0 Å². The van der Waals surface area contributed by atoms with Crippen LogP contribution in [0.15, 0.2) is 48.5 Å². The molecule has 0 unspecified atom stereocenters. The molecule has 2 aromatic rings. The summed E-state index contributed by atoms with van der Waals surface area (Å²) in [5.41, 5.74) is 3.22. The quantitative estimate of drug-likeness (QED) is 0.940. The van der Waals surface area contributed by atoms with Crippen molar-refractivity contribution in [1.82, 2.24) is 4.90 Å². The van der Waals surface area contributed by atoms with Crippen LogP contribution >= 0.6 is 0 Å². The van der Waals surface area contributed by atoms with Gasteiger partial charge in [-0.05, 0) is 28.8 Å². The topological polar surface area (TPSA) is 57.6 Å². The number of hydrogen-bond acceptors (Lipinski definition) is 2. The van der Waals surface area contributed by atoms with E-state index in [-0.39, 0.29) is 11.5 Å². The van der Waals surface area contributed by atoms with Gasteiger partial charge < -0.3 is 10.0 Å². The highest BCUT2D eigenvalue weighted by Gasteiger charge is 2.24. The molecular formula is C17H15NO3. The Morgan fingerprint density at radius 1 is 1.00 bits per heavy atom. The standard InChI is InChI=1S/C17H15NO3/c19-16(8-12-4-2-1-3-5-12)18-10-14-7-6-13(17(20)21)9-15(14)11-18/h1-7,9H,8,10-11H2,(H,20,21). The predicted octanol–water partition coefficient (Wildman–Crippen LogP) is 2.47. The van der Waals surface area contributed by atoms with E-state index in [1.54, 1.807) is 23.1 Å². The highest BCUT2D eigenvalue weighted by Crippen LogP contribution is 2.24. The molecule has 106 valence electrons. The van der Waals surface area contributed by atoms with E-state index in [4.69, 9.17) is 5.11 Å². The molecule has 21 heavy (non-hydrogen) atoms. The minimum atomic E-state index is -0.938. The van der Waals surface area contributed by atoms with Crippen LogP contribution in [0.4, 0.5) is 0 Å². The van der Waals surface area contributed by atoms with Crippen LogP contribution in [0, 0.1) is 0 Å². The Balaban J connectivity index is 1.72. The molecule has 2 aromatic carbocycles. The van der Waals surface area contributed by atoms with Gasteiger partial charge in [-0.25, -0.2) is 4.79 Å². The lowest BCUT2D eigenvalue weighted by atomic mass is 10.1. The summed E-state index contributed by atoms with van der Waals surface area (Å²) in [6, 6.07) is 14.7. The molecule has 0 saturated heterocycles. The molecular weight excluding hydrogens is 266 g/mol. The van der Waals surface area contributed by atoms with Gasteiger partial charge in [0.25, 0.3) is 0 Å². The Morgan fingerprint density at radius 3 is 2.43 bits per heavy atom. The maximum atomic E-state index is 12.3. The van der Waals surface area contributed by atoms with E-state index in [1.165, 1.54) is 0 Å². The highest BCUT2D eigenvalue weighted by atomic mass is 16.4. The third-order valence-electron chi connectivity index (χ3n) is 3.73. The summed E-state index contributed by atoms with van der Waals surface area (Å²) in [6.45, 7) is 1.04. The van der Waals surface area contributed by atoms with Crippen LogP contribution < -0.4 is 0 Å². The number of nitrogens with zero attached hydrogens (tertiary/aromatic N) is 1. The first-order chi connectivity index (χ1) is 10.1. The minimum Gasteiger partial charge on any atom is -0.478 e. The van der Waals surface area contributed by atoms with E-state index in [0.29, 0.717) is 19.5 Å². The van der Waals surface area contributed by atoms with Gasteiger partial charge in [-0.2, -0.15) is 0 Å². The van der Waals surface area contributed by atoms with Crippen LogP contribution in [0.25, 0.3) is 0 Å². The molecule has 0 fully saturated rings. The van der Waals surface area contributed by atoms with Gasteiger partial charge in [0.1, 0.15) is 0 Å². The van der Waals surface area contributed by atoms with Crippen molar-refractivity contribution >= 4 is 11.9 Å². The number of rotatable bonds is 3. The van der Waals surface area contributed by atoms with E-state index in [9.17, 15) is 9.59 Å². The van der Waals surface area contributed by atoms with E-state index in [0.717, 1.165) is 16.7 Å². The molecule has 0 aromatic heterocycles. The number of benzene rings is 2. The lowest BCUT2D eigenvalue weighted by molar-refractivity contribution is -0.131. The molecule has 3 rings (SSSR count). The molecule has 1 heterocycles. The third kappa shape index (κ3) is 2.79. The summed E-state index contributed by atoms with van der Waals surface area (Å²) in [5.74, 6) is -0.874. The van der Waals surface area contributed by atoms with Gasteiger partial charge in [-0.1, -0.05) is 36.4 Å². The zero-order valence-corrected chi connectivity index (χ0v) is 11.5. The zero-order valence-electron chi connectivity index (χ0n) is 11.5. The lowest BCUT2D eigenvalue weighted by Gasteiger charge is -2.15. The number of carboxylic acids is 1. The van der Waals surface area contributed by atoms with Crippen molar-refractivity contribution in [2.45, 2.75) is 19.5 Å². The van der Waals surface area contributed by atoms with Crippen molar-refractivity contribution in [2.75, 3.05) is 0 Å². The molecule has 0 aliphatic carbocycles. The molecule has 0 atom stereocenters. The molecule has 0 bridgehead atoms. The zero-order chi connectivity index (χ0) is 14.8. The average molecular weight is 281 g/mol. The Hall–Kier alpha value is -2.62. The van der Waals surface area contributed by atoms with Crippen molar-refractivity contribution in [1.29, 1.82) is 0 Å². The Kier molecular flexibility index (Phi) is 3.44. The van der Waals surface area contributed by atoms with Gasteiger partial charge >= 0.3 is 5.97 Å². The Bertz CT molecular complexity index is 694. The number of fused-ring (bicyclic) bond motifs is 1. The lowest BCUT2D eigenvalue weighted by Crippen LogP contribution is -2.26. The number of carboxylic acid groups (broad SMARTS) is 1. The van der Waals surface area contributed by atoms with Crippen LogP contribution in [0.3, 0.4) is 0 Å². The van der Waals surface area contributed by atoms with E-state index >= 15 is 0 Å². The average Bonchev–Trinajstić information content (AvgIpc) is 2.91. The summed E-state index contributed by atoms with van der Waals surface area (Å²) in [4.78, 5) is 25.1. The minimum absolute atomic E-state index is 0.0641. The van der Waals surface area contributed by atoms with Gasteiger partial charge in [0.2, 0.25) is 5.91 Å². The number of aromatic carboxylic acids is 1. The Morgan fingerprint density at radius 2 is 1.71 bits per heavy atom. The number of carbonyl (C=O) groups excluding carboxylic acids is 1. The fourth-order valence-corrected chi connectivity index (χ4v) is 2.59. The van der Waals surface area contributed by atoms with Crippen molar-refractivity contribution < 1.29 is 14.7 Å². The molecule has 4 heteroatoms. The number of amides is 1. The first-order valence-corrected chi connectivity index (χ1v) is 6.80. The summed E-state index contributed by atoms with van der Waals surface area (Å²) in [6.07, 6.45) is 0.376. The summed E-state index contributed by atoms with van der Waals surface area (Å²) >= 11 is 0. The number of carbonyl (C=O) groups is 2. The van der Waals surface area contributed by atoms with Crippen molar-refractivity contribution in [2.24, 2.45) is 0 Å². The monoisotopic (exact) mass is 281 g/mol. The molecule has 1 aliphatic heterocycles. The summed E-state index contributed by atoms with van der Waals surface area (Å²) < 4.78 is 0. The highest BCUT2D eigenvalue weighted by molar-refractivity contribution is 5.88. The van der Waals surface area contributed by atoms with Crippen LogP contribution in [0.5, 0.6) is 0 Å². The maximum Gasteiger partial charge on any atom is 0.335 e. The Labute approximate surface area is 122 Å². The fourth-order valence-electron chi connectivity index (χ4n) is 2.59. The molecule has 0 radical (unpaired) electrons. The van der Waals surface area contributed by atoms with Gasteiger partial charge in [0.15, 0.2) is 0 Å². The van der Waals surface area contributed by atoms with Crippen LogP contribution in [-0.4, -0.2) is 21.9 Å². The molecule has 1 amide bonds. The molecule has 1 N–H and O–H groups in total. The normalized spacial score (nSPS) is 13.0. The molecule has 0 saturated carbocycles. The van der Waals surface area contributed by atoms with Crippen LogP contribution in [0.1, 0.15) is 27.0 Å². The third-order valence-corrected chi connectivity index (χ3v) is 3.73. The van der Waals surface area contributed by atoms with Crippen molar-refractivity contribution in [3.63, 3.8) is 0 Å². The first kappa shape index (κ1) is 13.4. The van der Waals surface area contributed by atoms with Gasteiger partial charge in [-0.15, -0.1) is 0 Å². The predicted molar refractivity (Wildman–Crippen MR) is 77.8 cm³/mol. The smallest absolute Gasteiger partial charge is 0.335 e. The van der Waals surface area contributed by atoms with E-state index in [1.807, 2.05) is 30.3 Å². The molecule has 1 aliphatic rings. The second-order valence-corrected chi connectivity index (χ2v) is 5.20. The summed E-state index contributed by atoms with van der Waals surface area (Å²) in [5, 5.41) is 9.01. The number of hydrogen-bond donors (Lipinski definition) is 1. The van der Waals surface area contributed by atoms with Crippen molar-refractivity contribution in [3.05, 3.63) is 70.8 Å².